The average Bonchev–Trinajstić information content (AvgIpc) is 2.98. The van der Waals surface area contributed by atoms with Crippen LogP contribution in [-0.4, -0.2) is 29.6 Å². The third-order valence-electron chi connectivity index (χ3n) is 2.34. The minimum atomic E-state index is -0.271. The molecule has 1 unspecified atom stereocenters. The predicted octanol–water partition coefficient (Wildman–Crippen LogP) is 0.774. The second-order valence-electron chi connectivity index (χ2n) is 4.75. The molecule has 0 spiro atoms. The van der Waals surface area contributed by atoms with Crippen molar-refractivity contribution in [3.63, 3.8) is 0 Å². The maximum atomic E-state index is 11.6. The Labute approximate surface area is 103 Å². The van der Waals surface area contributed by atoms with Crippen LogP contribution in [0.5, 0.6) is 0 Å². The third-order valence-corrected chi connectivity index (χ3v) is 2.60. The first-order chi connectivity index (χ1) is 7.49. The van der Waals surface area contributed by atoms with E-state index in [2.05, 4.69) is 29.8 Å². The van der Waals surface area contributed by atoms with Gasteiger partial charge < -0.3 is 16.0 Å². The number of hydrogen-bond acceptors (Lipinski definition) is 2. The first kappa shape index (κ1) is 13.2. The fourth-order valence-electron chi connectivity index (χ4n) is 1.16. The Morgan fingerprint density at radius 3 is 2.50 bits per heavy atom. The molecule has 1 aliphatic carbocycles. The molecule has 0 bridgehead atoms. The van der Waals surface area contributed by atoms with E-state index in [0.717, 1.165) is 19.4 Å². The summed E-state index contributed by atoms with van der Waals surface area (Å²) in [5, 5.41) is 9.54. The van der Waals surface area contributed by atoms with Crippen LogP contribution in [0.15, 0.2) is 0 Å². The highest BCUT2D eigenvalue weighted by Crippen LogP contribution is 2.18. The zero-order valence-corrected chi connectivity index (χ0v) is 11.0. The highest BCUT2D eigenvalue weighted by Gasteiger charge is 2.25. The largest absolute Gasteiger partial charge is 0.362 e. The predicted molar refractivity (Wildman–Crippen MR) is 69.2 cm³/mol. The molecule has 0 saturated heterocycles. The lowest BCUT2D eigenvalue weighted by molar-refractivity contribution is -0.122. The second-order valence-corrected chi connectivity index (χ2v) is 5.16. The molecule has 5 heteroatoms. The molecule has 1 fully saturated rings. The summed E-state index contributed by atoms with van der Waals surface area (Å²) in [6.45, 7) is 6.86. The third kappa shape index (κ3) is 5.30. The second kappa shape index (κ2) is 6.03. The Bertz CT molecular complexity index is 264. The SMILES string of the molecule is CC(C)CNC(=S)NC(C)C(=O)NC1CC1. The average molecular weight is 243 g/mol. The number of hydrogen-bond donors (Lipinski definition) is 3. The van der Waals surface area contributed by atoms with E-state index in [9.17, 15) is 4.79 Å². The maximum absolute atomic E-state index is 11.6. The normalized spacial score (nSPS) is 16.8. The Morgan fingerprint density at radius 1 is 1.38 bits per heavy atom. The van der Waals surface area contributed by atoms with Crippen LogP contribution in [0.4, 0.5) is 0 Å². The minimum Gasteiger partial charge on any atom is -0.362 e. The van der Waals surface area contributed by atoms with Crippen LogP contribution in [0.2, 0.25) is 0 Å². The standard InChI is InChI=1S/C11H21N3OS/c1-7(2)6-12-11(16)13-8(3)10(15)14-9-4-5-9/h7-9H,4-6H2,1-3H3,(H,14,15)(H2,12,13,16). The molecule has 1 saturated carbocycles. The van der Waals surface area contributed by atoms with Gasteiger partial charge in [0, 0.05) is 12.6 Å². The number of thiocarbonyl (C=S) groups is 1. The van der Waals surface area contributed by atoms with Gasteiger partial charge in [-0.15, -0.1) is 0 Å². The molecule has 1 rings (SSSR count). The van der Waals surface area contributed by atoms with Crippen LogP contribution >= 0.6 is 12.2 Å². The van der Waals surface area contributed by atoms with Gasteiger partial charge in [-0.2, -0.15) is 0 Å². The quantitative estimate of drug-likeness (QED) is 0.625. The minimum absolute atomic E-state index is 0.0243. The van der Waals surface area contributed by atoms with E-state index in [4.69, 9.17) is 12.2 Å². The van der Waals surface area contributed by atoms with E-state index in [1.165, 1.54) is 0 Å². The lowest BCUT2D eigenvalue weighted by atomic mass is 10.2. The summed E-state index contributed by atoms with van der Waals surface area (Å²) in [7, 11) is 0. The molecule has 0 heterocycles. The van der Waals surface area contributed by atoms with Gasteiger partial charge in [0.05, 0.1) is 0 Å². The van der Waals surface area contributed by atoms with Crippen LogP contribution in [0.1, 0.15) is 33.6 Å². The molecule has 1 atom stereocenters. The molecule has 1 aliphatic rings. The molecule has 0 aromatic heterocycles. The van der Waals surface area contributed by atoms with Crippen molar-refractivity contribution in [2.24, 2.45) is 5.92 Å². The van der Waals surface area contributed by atoms with E-state index < -0.39 is 0 Å². The van der Waals surface area contributed by atoms with Gasteiger partial charge >= 0.3 is 0 Å². The van der Waals surface area contributed by atoms with Gasteiger partial charge in [-0.1, -0.05) is 13.8 Å². The van der Waals surface area contributed by atoms with Gasteiger partial charge in [0.2, 0.25) is 5.91 Å². The van der Waals surface area contributed by atoms with E-state index in [0.29, 0.717) is 17.1 Å². The summed E-state index contributed by atoms with van der Waals surface area (Å²) in [5.41, 5.74) is 0. The van der Waals surface area contributed by atoms with Gasteiger partial charge in [-0.05, 0) is 37.9 Å². The van der Waals surface area contributed by atoms with Gasteiger partial charge in [0.25, 0.3) is 0 Å². The van der Waals surface area contributed by atoms with E-state index in [1.54, 1.807) is 0 Å². The van der Waals surface area contributed by atoms with Crippen molar-refractivity contribution in [3.05, 3.63) is 0 Å². The summed E-state index contributed by atoms with van der Waals surface area (Å²) in [4.78, 5) is 11.6. The number of nitrogens with one attached hydrogen (secondary N) is 3. The molecule has 0 aromatic carbocycles. The molecular weight excluding hydrogens is 222 g/mol. The molecule has 92 valence electrons. The summed E-state index contributed by atoms with van der Waals surface area (Å²) in [6.07, 6.45) is 2.21. The number of amides is 1. The van der Waals surface area contributed by atoms with E-state index in [-0.39, 0.29) is 11.9 Å². The molecule has 16 heavy (non-hydrogen) atoms. The van der Waals surface area contributed by atoms with E-state index in [1.807, 2.05) is 6.92 Å². The van der Waals surface area contributed by atoms with Crippen LogP contribution in [0.3, 0.4) is 0 Å². The summed E-state index contributed by atoms with van der Waals surface area (Å²) in [6, 6.07) is 0.127. The van der Waals surface area contributed by atoms with E-state index >= 15 is 0 Å². The van der Waals surface area contributed by atoms with Crippen molar-refractivity contribution in [1.82, 2.24) is 16.0 Å². The Balaban J connectivity index is 2.18. The monoisotopic (exact) mass is 243 g/mol. The van der Waals surface area contributed by atoms with Crippen LogP contribution in [0, 0.1) is 5.92 Å². The molecule has 0 aromatic rings. The van der Waals surface area contributed by atoms with Crippen molar-refractivity contribution < 1.29 is 4.79 Å². The summed E-state index contributed by atoms with van der Waals surface area (Å²) < 4.78 is 0. The topological polar surface area (TPSA) is 53.2 Å². The van der Waals surface area contributed by atoms with Crippen molar-refractivity contribution >= 4 is 23.2 Å². The zero-order chi connectivity index (χ0) is 12.1. The summed E-state index contributed by atoms with van der Waals surface area (Å²) >= 11 is 5.09. The van der Waals surface area contributed by atoms with Crippen molar-refractivity contribution in [1.29, 1.82) is 0 Å². The van der Waals surface area contributed by atoms with Gasteiger partial charge in [-0.3, -0.25) is 4.79 Å². The maximum Gasteiger partial charge on any atom is 0.242 e. The van der Waals surface area contributed by atoms with Crippen LogP contribution < -0.4 is 16.0 Å². The lowest BCUT2D eigenvalue weighted by Crippen LogP contribution is -2.49. The van der Waals surface area contributed by atoms with Crippen LogP contribution in [-0.2, 0) is 4.79 Å². The van der Waals surface area contributed by atoms with Gasteiger partial charge in [-0.25, -0.2) is 0 Å². The smallest absolute Gasteiger partial charge is 0.242 e. The molecule has 3 N–H and O–H groups in total. The molecule has 1 amide bonds. The van der Waals surface area contributed by atoms with Gasteiger partial charge in [0.15, 0.2) is 5.11 Å². The summed E-state index contributed by atoms with van der Waals surface area (Å²) in [5.74, 6) is 0.562. The highest BCUT2D eigenvalue weighted by molar-refractivity contribution is 7.80. The molecule has 4 nitrogen and oxygen atoms in total. The fourth-order valence-corrected chi connectivity index (χ4v) is 1.42. The van der Waals surface area contributed by atoms with Crippen molar-refractivity contribution in [2.45, 2.75) is 45.7 Å². The Morgan fingerprint density at radius 2 is 2.00 bits per heavy atom. The molecule has 0 aliphatic heterocycles. The highest BCUT2D eigenvalue weighted by atomic mass is 32.1. The first-order valence-corrected chi connectivity index (χ1v) is 6.24. The molecule has 0 radical (unpaired) electrons. The molecular formula is C11H21N3OS. The number of carbonyl (C=O) groups is 1. The Hall–Kier alpha value is -0.840. The fraction of sp³-hybridized carbons (Fsp3) is 0.818. The number of carbonyl (C=O) groups excluding carboxylic acids is 1. The van der Waals surface area contributed by atoms with Crippen LogP contribution in [0.25, 0.3) is 0 Å². The zero-order valence-electron chi connectivity index (χ0n) is 10.2. The van der Waals surface area contributed by atoms with Crippen molar-refractivity contribution in [2.75, 3.05) is 6.54 Å². The van der Waals surface area contributed by atoms with Gasteiger partial charge in [0.1, 0.15) is 6.04 Å². The number of rotatable bonds is 5. The Kier molecular flexibility index (Phi) is 4.99. The lowest BCUT2D eigenvalue weighted by Gasteiger charge is -2.17. The van der Waals surface area contributed by atoms with Crippen molar-refractivity contribution in [3.8, 4) is 0 Å². The first-order valence-electron chi connectivity index (χ1n) is 5.83.